The highest BCUT2D eigenvalue weighted by Crippen LogP contribution is 2.09. The Morgan fingerprint density at radius 1 is 1.67 bits per heavy atom. The molecule has 0 aromatic rings. The molecule has 0 atom stereocenters. The van der Waals surface area contributed by atoms with Crippen molar-refractivity contribution in [2.45, 2.75) is 32.3 Å². The molecule has 0 aromatic carbocycles. The first-order valence-electron chi connectivity index (χ1n) is 3.13. The van der Waals surface area contributed by atoms with Crippen molar-refractivity contribution in [2.75, 3.05) is 0 Å². The van der Waals surface area contributed by atoms with Crippen LogP contribution in [0.3, 0.4) is 0 Å². The molecule has 0 aliphatic heterocycles. The summed E-state index contributed by atoms with van der Waals surface area (Å²) in [4.78, 5) is 0. The van der Waals surface area contributed by atoms with E-state index in [9.17, 15) is 5.11 Å². The van der Waals surface area contributed by atoms with E-state index in [1.165, 1.54) is 0 Å². The fourth-order valence-corrected chi connectivity index (χ4v) is 0.527. The minimum absolute atomic E-state index is 0.548. The highest BCUT2D eigenvalue weighted by molar-refractivity contribution is 4.79. The van der Waals surface area contributed by atoms with Gasteiger partial charge in [0.15, 0.2) is 0 Å². The number of aliphatic hydroxyl groups is 1. The Morgan fingerprint density at radius 2 is 2.22 bits per heavy atom. The van der Waals surface area contributed by atoms with Gasteiger partial charge in [-0.1, -0.05) is 6.58 Å². The van der Waals surface area contributed by atoms with E-state index < -0.39 is 5.60 Å². The Balaban J connectivity index is 3.39. The summed E-state index contributed by atoms with van der Waals surface area (Å²) < 4.78 is 0. The Labute approximate surface area is 56.7 Å². The number of rotatable bonds is 3. The van der Waals surface area contributed by atoms with E-state index in [4.69, 9.17) is 0 Å². The second-order valence-corrected chi connectivity index (χ2v) is 2.76. The summed E-state index contributed by atoms with van der Waals surface area (Å²) in [5.41, 5.74) is 2.11. The molecule has 0 fully saturated rings. The average molecular weight is 126 g/mol. The summed E-state index contributed by atoms with van der Waals surface area (Å²) in [6.07, 6.45) is 3.46. The van der Waals surface area contributed by atoms with Crippen LogP contribution < -0.4 is 0 Å². The van der Waals surface area contributed by atoms with Gasteiger partial charge in [0.25, 0.3) is 0 Å². The van der Waals surface area contributed by atoms with Crippen molar-refractivity contribution in [1.29, 1.82) is 0 Å². The van der Waals surface area contributed by atoms with Gasteiger partial charge in [0, 0.05) is 0 Å². The highest BCUT2D eigenvalue weighted by Gasteiger charge is 2.09. The van der Waals surface area contributed by atoms with Gasteiger partial charge in [-0.3, -0.25) is 0 Å². The maximum Gasteiger partial charge on any atom is 0.0594 e. The smallest absolute Gasteiger partial charge is 0.0594 e. The van der Waals surface area contributed by atoms with Crippen LogP contribution >= 0.6 is 0 Å². The zero-order chi connectivity index (χ0) is 7.33. The lowest BCUT2D eigenvalue weighted by molar-refractivity contribution is 0.0722. The van der Waals surface area contributed by atoms with E-state index in [2.05, 4.69) is 12.3 Å². The van der Waals surface area contributed by atoms with Gasteiger partial charge in [0.05, 0.1) is 5.60 Å². The molecule has 1 N–H and O–H groups in total. The van der Waals surface area contributed by atoms with Crippen molar-refractivity contribution in [3.8, 4) is 0 Å². The van der Waals surface area contributed by atoms with Gasteiger partial charge in [0.2, 0.25) is 0 Å². The Morgan fingerprint density at radius 3 is 2.56 bits per heavy atom. The van der Waals surface area contributed by atoms with E-state index in [0.29, 0.717) is 0 Å². The summed E-state index contributed by atoms with van der Waals surface area (Å²) >= 11 is 0. The van der Waals surface area contributed by atoms with Gasteiger partial charge >= 0.3 is 0 Å². The van der Waals surface area contributed by atoms with Crippen molar-refractivity contribution in [3.63, 3.8) is 0 Å². The molecule has 0 saturated carbocycles. The molecule has 0 aliphatic carbocycles. The van der Waals surface area contributed by atoms with Crippen molar-refractivity contribution in [1.82, 2.24) is 0 Å². The Kier molecular flexibility index (Phi) is 3.29. The molecule has 52 valence electrons. The SMILES string of the molecule is C=C=CCCC(C)(C)O. The summed E-state index contributed by atoms with van der Waals surface area (Å²) in [6, 6.07) is 0. The molecule has 0 amide bonds. The van der Waals surface area contributed by atoms with Gasteiger partial charge < -0.3 is 5.11 Å². The average Bonchev–Trinajstić information content (AvgIpc) is 1.63. The van der Waals surface area contributed by atoms with Gasteiger partial charge in [-0.05, 0) is 32.8 Å². The third-order valence-electron chi connectivity index (χ3n) is 1.04. The summed E-state index contributed by atoms with van der Waals surface area (Å²) in [6.45, 7) is 7.01. The van der Waals surface area contributed by atoms with Gasteiger partial charge in [-0.25, -0.2) is 0 Å². The third-order valence-corrected chi connectivity index (χ3v) is 1.04. The van der Waals surface area contributed by atoms with Gasteiger partial charge in [0.1, 0.15) is 0 Å². The fourth-order valence-electron chi connectivity index (χ4n) is 0.527. The lowest BCUT2D eigenvalue weighted by Gasteiger charge is -2.14. The third kappa shape index (κ3) is 7.48. The Bertz CT molecular complexity index is 113. The first-order valence-corrected chi connectivity index (χ1v) is 3.13. The topological polar surface area (TPSA) is 20.2 Å². The predicted molar refractivity (Wildman–Crippen MR) is 39.2 cm³/mol. The maximum absolute atomic E-state index is 9.18. The molecular formula is C8H14O. The van der Waals surface area contributed by atoms with E-state index >= 15 is 0 Å². The van der Waals surface area contributed by atoms with Crippen LogP contribution in [0.1, 0.15) is 26.7 Å². The van der Waals surface area contributed by atoms with E-state index in [1.807, 2.05) is 6.08 Å². The zero-order valence-electron chi connectivity index (χ0n) is 6.15. The second kappa shape index (κ2) is 3.49. The first kappa shape index (κ1) is 8.48. The monoisotopic (exact) mass is 126 g/mol. The first-order chi connectivity index (χ1) is 4.06. The van der Waals surface area contributed by atoms with Crippen molar-refractivity contribution < 1.29 is 5.11 Å². The molecule has 0 bridgehead atoms. The molecule has 9 heavy (non-hydrogen) atoms. The molecular weight excluding hydrogens is 112 g/mol. The molecule has 0 aliphatic rings. The molecule has 0 saturated heterocycles. The normalized spacial score (nSPS) is 10.6. The van der Waals surface area contributed by atoms with Crippen LogP contribution in [0.4, 0.5) is 0 Å². The van der Waals surface area contributed by atoms with Crippen molar-refractivity contribution in [3.05, 3.63) is 18.4 Å². The minimum Gasteiger partial charge on any atom is -0.390 e. The van der Waals surface area contributed by atoms with E-state index in [0.717, 1.165) is 12.8 Å². The fraction of sp³-hybridized carbons (Fsp3) is 0.625. The van der Waals surface area contributed by atoms with Crippen LogP contribution in [-0.2, 0) is 0 Å². The molecule has 0 spiro atoms. The van der Waals surface area contributed by atoms with Crippen LogP contribution in [-0.4, -0.2) is 10.7 Å². The van der Waals surface area contributed by atoms with Crippen molar-refractivity contribution >= 4 is 0 Å². The summed E-state index contributed by atoms with van der Waals surface area (Å²) in [7, 11) is 0. The second-order valence-electron chi connectivity index (χ2n) is 2.76. The van der Waals surface area contributed by atoms with E-state index in [1.54, 1.807) is 13.8 Å². The molecule has 1 nitrogen and oxygen atoms in total. The lowest BCUT2D eigenvalue weighted by Crippen LogP contribution is -2.17. The molecule has 0 radical (unpaired) electrons. The van der Waals surface area contributed by atoms with Crippen LogP contribution in [0, 0.1) is 0 Å². The maximum atomic E-state index is 9.18. The number of allylic oxidation sites excluding steroid dienone is 1. The number of hydrogen-bond acceptors (Lipinski definition) is 1. The molecule has 1 heteroatoms. The largest absolute Gasteiger partial charge is 0.390 e. The van der Waals surface area contributed by atoms with Gasteiger partial charge in [-0.15, -0.1) is 5.73 Å². The zero-order valence-corrected chi connectivity index (χ0v) is 6.15. The summed E-state index contributed by atoms with van der Waals surface area (Å²) in [5.74, 6) is 0. The quantitative estimate of drug-likeness (QED) is 0.572. The highest BCUT2D eigenvalue weighted by atomic mass is 16.3. The van der Waals surface area contributed by atoms with Crippen LogP contribution in [0.2, 0.25) is 0 Å². The predicted octanol–water partition coefficient (Wildman–Crippen LogP) is 1.88. The van der Waals surface area contributed by atoms with Crippen LogP contribution in [0.15, 0.2) is 18.4 Å². The van der Waals surface area contributed by atoms with E-state index in [-0.39, 0.29) is 0 Å². The molecule has 0 rings (SSSR count). The number of hydrogen-bond donors (Lipinski definition) is 1. The molecule has 0 heterocycles. The minimum atomic E-state index is -0.548. The van der Waals surface area contributed by atoms with Crippen LogP contribution in [0.5, 0.6) is 0 Å². The Hall–Kier alpha value is -0.520. The molecule has 0 unspecified atom stereocenters. The standard InChI is InChI=1S/C8H14O/c1-4-5-6-7-8(2,3)9/h5,9H,1,6-7H2,2-3H3. The van der Waals surface area contributed by atoms with Crippen LogP contribution in [0.25, 0.3) is 0 Å². The molecule has 0 aromatic heterocycles. The summed E-state index contributed by atoms with van der Waals surface area (Å²) in [5, 5.41) is 9.18. The van der Waals surface area contributed by atoms with Gasteiger partial charge in [-0.2, -0.15) is 0 Å². The van der Waals surface area contributed by atoms with Crippen molar-refractivity contribution in [2.24, 2.45) is 0 Å². The lowest BCUT2D eigenvalue weighted by atomic mass is 10.0.